The summed E-state index contributed by atoms with van der Waals surface area (Å²) in [6.45, 7) is 7.84. The van der Waals surface area contributed by atoms with E-state index in [-0.39, 0.29) is 11.8 Å². The van der Waals surface area contributed by atoms with E-state index in [4.69, 9.17) is 0 Å². The molecular formula is C20H20N2O2. The van der Waals surface area contributed by atoms with Crippen LogP contribution in [-0.4, -0.2) is 11.8 Å². The molecule has 0 bridgehead atoms. The molecule has 0 spiro atoms. The number of rotatable bonds is 4. The van der Waals surface area contributed by atoms with Gasteiger partial charge in [0.1, 0.15) is 0 Å². The first-order valence-corrected chi connectivity index (χ1v) is 8.11. The zero-order chi connectivity index (χ0) is 17.3. The average Bonchev–Trinajstić information content (AvgIpc) is 2.87. The van der Waals surface area contributed by atoms with Crippen molar-refractivity contribution in [1.29, 1.82) is 0 Å². The van der Waals surface area contributed by atoms with E-state index in [2.05, 4.69) is 17.2 Å². The summed E-state index contributed by atoms with van der Waals surface area (Å²) < 4.78 is 0. The van der Waals surface area contributed by atoms with Crippen molar-refractivity contribution in [2.24, 2.45) is 0 Å². The molecule has 0 saturated heterocycles. The van der Waals surface area contributed by atoms with E-state index >= 15 is 0 Å². The van der Waals surface area contributed by atoms with Crippen molar-refractivity contribution in [3.8, 4) is 11.1 Å². The highest BCUT2D eigenvalue weighted by Crippen LogP contribution is 2.45. The Balaban J connectivity index is 1.95. The van der Waals surface area contributed by atoms with E-state index in [9.17, 15) is 9.59 Å². The van der Waals surface area contributed by atoms with Gasteiger partial charge < -0.3 is 10.6 Å². The van der Waals surface area contributed by atoms with E-state index in [0.29, 0.717) is 12.8 Å². The van der Waals surface area contributed by atoms with Crippen molar-refractivity contribution in [3.63, 3.8) is 0 Å². The minimum atomic E-state index is -0.0133. The molecule has 1 aliphatic carbocycles. The quantitative estimate of drug-likeness (QED) is 0.747. The summed E-state index contributed by atoms with van der Waals surface area (Å²) in [5, 5.41) is 5.75. The van der Waals surface area contributed by atoms with Crippen molar-refractivity contribution in [2.45, 2.75) is 26.7 Å². The SMILES string of the molecule is C=C1c2cc(NC(=O)CC)ccc2-c2ccc(NC(=O)CC)cc21. The molecule has 4 nitrogen and oxygen atoms in total. The van der Waals surface area contributed by atoms with Crippen LogP contribution in [0.4, 0.5) is 11.4 Å². The standard InChI is InChI=1S/C20H20N2O2/c1-4-19(23)21-13-6-8-15-16-9-7-14(22-20(24)5-2)11-18(16)12(3)17(15)10-13/h6-11H,3-5H2,1-2H3,(H,21,23)(H,22,24). The van der Waals surface area contributed by atoms with Crippen LogP contribution < -0.4 is 10.6 Å². The second-order valence-electron chi connectivity index (χ2n) is 5.80. The van der Waals surface area contributed by atoms with Crippen molar-refractivity contribution < 1.29 is 9.59 Å². The Bertz CT molecular complexity index is 783. The Morgan fingerprint density at radius 3 is 1.58 bits per heavy atom. The monoisotopic (exact) mass is 320 g/mol. The highest BCUT2D eigenvalue weighted by molar-refractivity contribution is 6.03. The molecule has 1 aliphatic rings. The van der Waals surface area contributed by atoms with Crippen molar-refractivity contribution in [1.82, 2.24) is 0 Å². The maximum absolute atomic E-state index is 11.6. The van der Waals surface area contributed by atoms with Gasteiger partial charge in [0.05, 0.1) is 0 Å². The highest BCUT2D eigenvalue weighted by atomic mass is 16.2. The lowest BCUT2D eigenvalue weighted by molar-refractivity contribution is -0.116. The van der Waals surface area contributed by atoms with Gasteiger partial charge in [-0.1, -0.05) is 32.6 Å². The molecule has 0 unspecified atom stereocenters. The second-order valence-corrected chi connectivity index (χ2v) is 5.80. The van der Waals surface area contributed by atoms with Crippen LogP contribution in [0.15, 0.2) is 43.0 Å². The summed E-state index contributed by atoms with van der Waals surface area (Å²) in [5.41, 5.74) is 6.66. The molecule has 0 aliphatic heterocycles. The molecule has 0 heterocycles. The summed E-state index contributed by atoms with van der Waals surface area (Å²) in [6.07, 6.45) is 0.886. The van der Waals surface area contributed by atoms with E-state index in [1.165, 1.54) is 0 Å². The summed E-state index contributed by atoms with van der Waals surface area (Å²) in [6, 6.07) is 11.7. The predicted molar refractivity (Wildman–Crippen MR) is 97.9 cm³/mol. The second kappa shape index (κ2) is 6.32. The third-order valence-corrected chi connectivity index (χ3v) is 4.19. The van der Waals surface area contributed by atoms with Gasteiger partial charge >= 0.3 is 0 Å². The fourth-order valence-corrected chi connectivity index (χ4v) is 2.86. The first kappa shape index (κ1) is 16.0. The van der Waals surface area contributed by atoms with E-state index in [1.54, 1.807) is 0 Å². The largest absolute Gasteiger partial charge is 0.326 e. The fraction of sp³-hybridized carbons (Fsp3) is 0.200. The van der Waals surface area contributed by atoms with Crippen molar-refractivity contribution in [2.75, 3.05) is 10.6 Å². The Hall–Kier alpha value is -2.88. The van der Waals surface area contributed by atoms with Gasteiger partial charge in [-0.05, 0) is 52.1 Å². The van der Waals surface area contributed by atoms with E-state index < -0.39 is 0 Å². The van der Waals surface area contributed by atoms with Crippen LogP contribution in [0.2, 0.25) is 0 Å². The molecule has 2 aromatic carbocycles. The molecule has 3 rings (SSSR count). The van der Waals surface area contributed by atoms with Crippen LogP contribution in [0.3, 0.4) is 0 Å². The molecule has 122 valence electrons. The predicted octanol–water partition coefficient (Wildman–Crippen LogP) is 4.43. The Labute approximate surface area is 141 Å². The molecule has 0 atom stereocenters. The number of carbonyl (C=O) groups excluding carboxylic acids is 2. The molecule has 2 amide bonds. The zero-order valence-corrected chi connectivity index (χ0v) is 13.9. The van der Waals surface area contributed by atoms with Gasteiger partial charge in [0, 0.05) is 24.2 Å². The molecule has 2 aromatic rings. The zero-order valence-electron chi connectivity index (χ0n) is 13.9. The molecule has 0 fully saturated rings. The number of nitrogens with one attached hydrogen (secondary N) is 2. The lowest BCUT2D eigenvalue weighted by Gasteiger charge is -2.07. The highest BCUT2D eigenvalue weighted by Gasteiger charge is 2.23. The van der Waals surface area contributed by atoms with Crippen LogP contribution in [0.5, 0.6) is 0 Å². The average molecular weight is 320 g/mol. The van der Waals surface area contributed by atoms with E-state index in [0.717, 1.165) is 39.2 Å². The van der Waals surface area contributed by atoms with Gasteiger partial charge in [0.15, 0.2) is 0 Å². The van der Waals surface area contributed by atoms with Gasteiger partial charge in [-0.15, -0.1) is 0 Å². The fourth-order valence-electron chi connectivity index (χ4n) is 2.86. The number of amides is 2. The number of anilines is 2. The van der Waals surface area contributed by atoms with Gasteiger partial charge in [-0.3, -0.25) is 9.59 Å². The third kappa shape index (κ3) is 2.83. The summed E-state index contributed by atoms with van der Waals surface area (Å²) in [5.74, 6) is -0.0266. The molecule has 0 saturated carbocycles. The smallest absolute Gasteiger partial charge is 0.224 e. The number of hydrogen-bond acceptors (Lipinski definition) is 2. The Morgan fingerprint density at radius 1 is 0.792 bits per heavy atom. The van der Waals surface area contributed by atoms with Crippen LogP contribution in [-0.2, 0) is 9.59 Å². The maximum atomic E-state index is 11.6. The molecule has 0 radical (unpaired) electrons. The van der Waals surface area contributed by atoms with Crippen LogP contribution >= 0.6 is 0 Å². The van der Waals surface area contributed by atoms with Crippen molar-refractivity contribution >= 4 is 28.8 Å². The Morgan fingerprint density at radius 2 is 1.21 bits per heavy atom. The lowest BCUT2D eigenvalue weighted by Crippen LogP contribution is -2.09. The number of hydrogen-bond donors (Lipinski definition) is 2. The third-order valence-electron chi connectivity index (χ3n) is 4.19. The number of benzene rings is 2. The summed E-state index contributed by atoms with van der Waals surface area (Å²) in [4.78, 5) is 23.2. The maximum Gasteiger partial charge on any atom is 0.224 e. The van der Waals surface area contributed by atoms with Gasteiger partial charge in [-0.25, -0.2) is 0 Å². The van der Waals surface area contributed by atoms with Gasteiger partial charge in [-0.2, -0.15) is 0 Å². The molecule has 4 heteroatoms. The topological polar surface area (TPSA) is 58.2 Å². The minimum Gasteiger partial charge on any atom is -0.326 e. The number of fused-ring (bicyclic) bond motifs is 3. The summed E-state index contributed by atoms with van der Waals surface area (Å²) >= 11 is 0. The lowest BCUT2D eigenvalue weighted by atomic mass is 10.0. The molecule has 24 heavy (non-hydrogen) atoms. The molecule has 2 N–H and O–H groups in total. The van der Waals surface area contributed by atoms with E-state index in [1.807, 2.05) is 50.2 Å². The normalized spacial score (nSPS) is 11.7. The summed E-state index contributed by atoms with van der Waals surface area (Å²) in [7, 11) is 0. The van der Waals surface area contributed by atoms with Crippen LogP contribution in [0, 0.1) is 0 Å². The van der Waals surface area contributed by atoms with Crippen LogP contribution in [0.1, 0.15) is 37.8 Å². The van der Waals surface area contributed by atoms with Gasteiger partial charge in [0.2, 0.25) is 11.8 Å². The van der Waals surface area contributed by atoms with Gasteiger partial charge in [0.25, 0.3) is 0 Å². The molecule has 0 aromatic heterocycles. The van der Waals surface area contributed by atoms with Crippen LogP contribution in [0.25, 0.3) is 16.7 Å². The Kier molecular flexibility index (Phi) is 4.21. The first-order chi connectivity index (χ1) is 11.5. The minimum absolute atomic E-state index is 0.0133. The first-order valence-electron chi connectivity index (χ1n) is 8.11. The number of carbonyl (C=O) groups is 2. The van der Waals surface area contributed by atoms with Crippen molar-refractivity contribution in [3.05, 3.63) is 54.1 Å². The molecular weight excluding hydrogens is 300 g/mol.